The van der Waals surface area contributed by atoms with Gasteiger partial charge in [0.05, 0.1) is 12.5 Å². The third-order valence-corrected chi connectivity index (χ3v) is 6.21. The Hall–Kier alpha value is -1.85. The quantitative estimate of drug-likeness (QED) is 0.846. The smallest absolute Gasteiger partial charge is 0.225 e. The molecule has 3 atom stereocenters. The summed E-state index contributed by atoms with van der Waals surface area (Å²) in [4.78, 5) is 28.9. The lowest BCUT2D eigenvalue weighted by molar-refractivity contribution is -0.134. The molecule has 2 amide bonds. The number of nitrogens with one attached hydrogen (secondary N) is 1. The van der Waals surface area contributed by atoms with E-state index in [4.69, 9.17) is 0 Å². The van der Waals surface area contributed by atoms with Gasteiger partial charge in [-0.05, 0) is 55.0 Å². The lowest BCUT2D eigenvalue weighted by Gasteiger charge is -2.33. The second-order valence-electron chi connectivity index (χ2n) is 7.73. The van der Waals surface area contributed by atoms with Crippen LogP contribution >= 0.6 is 12.4 Å². The zero-order valence-electron chi connectivity index (χ0n) is 15.8. The third-order valence-electron chi connectivity index (χ3n) is 6.21. The van der Waals surface area contributed by atoms with E-state index in [1.807, 2.05) is 41.4 Å². The summed E-state index contributed by atoms with van der Waals surface area (Å²) < 4.78 is 0. The van der Waals surface area contributed by atoms with Gasteiger partial charge in [-0.3, -0.25) is 9.59 Å². The van der Waals surface area contributed by atoms with E-state index in [9.17, 15) is 9.59 Å². The number of rotatable bonds is 2. The second kappa shape index (κ2) is 8.44. The van der Waals surface area contributed by atoms with Crippen molar-refractivity contribution >= 4 is 30.3 Å². The number of amides is 2. The Morgan fingerprint density at radius 2 is 1.78 bits per heavy atom. The molecule has 0 spiro atoms. The van der Waals surface area contributed by atoms with Crippen LogP contribution in [-0.4, -0.2) is 47.8 Å². The molecule has 0 bridgehead atoms. The van der Waals surface area contributed by atoms with Crippen LogP contribution in [0.2, 0.25) is 0 Å². The van der Waals surface area contributed by atoms with E-state index in [2.05, 4.69) is 5.32 Å². The van der Waals surface area contributed by atoms with Gasteiger partial charge in [0, 0.05) is 26.2 Å². The summed E-state index contributed by atoms with van der Waals surface area (Å²) in [6, 6.07) is 7.85. The van der Waals surface area contributed by atoms with E-state index in [1.165, 1.54) is 0 Å². The lowest BCUT2D eigenvalue weighted by Crippen LogP contribution is -2.38. The Morgan fingerprint density at radius 3 is 2.44 bits per heavy atom. The Morgan fingerprint density at radius 1 is 1.11 bits per heavy atom. The molecular formula is C21H28ClN3O2. The van der Waals surface area contributed by atoms with Crippen molar-refractivity contribution in [3.8, 4) is 0 Å². The van der Waals surface area contributed by atoms with E-state index in [-0.39, 0.29) is 30.3 Å². The van der Waals surface area contributed by atoms with Crippen LogP contribution in [0.5, 0.6) is 0 Å². The van der Waals surface area contributed by atoms with Crippen molar-refractivity contribution in [1.29, 1.82) is 0 Å². The van der Waals surface area contributed by atoms with Crippen LogP contribution in [0.15, 0.2) is 30.5 Å². The van der Waals surface area contributed by atoms with Gasteiger partial charge in [-0.15, -0.1) is 12.4 Å². The van der Waals surface area contributed by atoms with E-state index in [0.717, 1.165) is 50.1 Å². The molecule has 4 rings (SSSR count). The first-order chi connectivity index (χ1) is 12.6. The summed E-state index contributed by atoms with van der Waals surface area (Å²) in [5.41, 5.74) is 2.16. The number of likely N-dealkylation sites (tertiary alicyclic amines) is 1. The Labute approximate surface area is 167 Å². The van der Waals surface area contributed by atoms with Crippen molar-refractivity contribution in [2.45, 2.75) is 32.2 Å². The molecule has 6 heteroatoms. The highest BCUT2D eigenvalue weighted by atomic mass is 35.5. The molecule has 27 heavy (non-hydrogen) atoms. The molecule has 0 saturated carbocycles. The first-order valence-corrected chi connectivity index (χ1v) is 9.68. The maximum atomic E-state index is 13.1. The molecule has 1 aromatic rings. The fourth-order valence-electron chi connectivity index (χ4n) is 4.68. The fraction of sp³-hybridized carbons (Fsp3) is 0.524. The van der Waals surface area contributed by atoms with E-state index >= 15 is 0 Å². The molecule has 3 aliphatic heterocycles. The zero-order valence-corrected chi connectivity index (χ0v) is 16.6. The normalized spacial score (nSPS) is 26.6. The standard InChI is InChI=1S/C21H27N3O2.ClH/c1-15(25)24-11-8-16-4-2-3-5-19(16)20(24)12-21(26)23-9-6-17-13-22-14-18(17)7-10-23;/h2-5,8,11,17-18,20,22H,6-7,9-10,12-14H2,1H3;1H/t17-,18+,20?;. The predicted molar refractivity (Wildman–Crippen MR) is 108 cm³/mol. The van der Waals surface area contributed by atoms with Gasteiger partial charge in [-0.1, -0.05) is 24.3 Å². The molecule has 0 radical (unpaired) electrons. The van der Waals surface area contributed by atoms with Crippen molar-refractivity contribution < 1.29 is 9.59 Å². The highest BCUT2D eigenvalue weighted by Gasteiger charge is 2.34. The summed E-state index contributed by atoms with van der Waals surface area (Å²) in [5.74, 6) is 1.56. The molecule has 0 aliphatic carbocycles. The van der Waals surface area contributed by atoms with Crippen LogP contribution in [0.1, 0.15) is 43.4 Å². The molecule has 1 aromatic carbocycles. The average Bonchev–Trinajstić information content (AvgIpc) is 2.99. The van der Waals surface area contributed by atoms with Gasteiger partial charge in [-0.25, -0.2) is 0 Å². The molecule has 5 nitrogen and oxygen atoms in total. The van der Waals surface area contributed by atoms with E-state index in [1.54, 1.807) is 11.8 Å². The van der Waals surface area contributed by atoms with Crippen LogP contribution in [0, 0.1) is 11.8 Å². The second-order valence-corrected chi connectivity index (χ2v) is 7.73. The number of halogens is 1. The number of nitrogens with zero attached hydrogens (tertiary/aromatic N) is 2. The van der Waals surface area contributed by atoms with Crippen LogP contribution in [0.4, 0.5) is 0 Å². The Bertz CT molecular complexity index is 722. The van der Waals surface area contributed by atoms with Crippen molar-refractivity contribution in [3.63, 3.8) is 0 Å². The summed E-state index contributed by atoms with van der Waals surface area (Å²) in [6.45, 7) is 5.42. The van der Waals surface area contributed by atoms with Gasteiger partial charge in [0.1, 0.15) is 0 Å². The first kappa shape index (κ1) is 19.9. The highest BCUT2D eigenvalue weighted by molar-refractivity contribution is 5.85. The van der Waals surface area contributed by atoms with Crippen molar-refractivity contribution in [2.75, 3.05) is 26.2 Å². The lowest BCUT2D eigenvalue weighted by atomic mass is 9.92. The number of benzene rings is 1. The summed E-state index contributed by atoms with van der Waals surface area (Å²) >= 11 is 0. The molecular weight excluding hydrogens is 362 g/mol. The largest absolute Gasteiger partial charge is 0.343 e. The van der Waals surface area contributed by atoms with Gasteiger partial charge in [-0.2, -0.15) is 0 Å². The summed E-state index contributed by atoms with van der Waals surface area (Å²) in [5, 5.41) is 3.48. The minimum atomic E-state index is -0.203. The van der Waals surface area contributed by atoms with Crippen LogP contribution in [0.3, 0.4) is 0 Å². The highest BCUT2D eigenvalue weighted by Crippen LogP contribution is 2.34. The number of hydrogen-bond donors (Lipinski definition) is 1. The van der Waals surface area contributed by atoms with Crippen LogP contribution in [-0.2, 0) is 9.59 Å². The molecule has 146 valence electrons. The predicted octanol–water partition coefficient (Wildman–Crippen LogP) is 2.83. The van der Waals surface area contributed by atoms with E-state index in [0.29, 0.717) is 18.3 Å². The number of hydrogen-bond acceptors (Lipinski definition) is 3. The topological polar surface area (TPSA) is 52.7 Å². The van der Waals surface area contributed by atoms with Crippen molar-refractivity contribution in [3.05, 3.63) is 41.6 Å². The molecule has 2 fully saturated rings. The summed E-state index contributed by atoms with van der Waals surface area (Å²) in [7, 11) is 0. The van der Waals surface area contributed by atoms with E-state index < -0.39 is 0 Å². The molecule has 3 aliphatic rings. The number of fused-ring (bicyclic) bond motifs is 2. The monoisotopic (exact) mass is 389 g/mol. The Kier molecular flexibility index (Phi) is 6.22. The van der Waals surface area contributed by atoms with Gasteiger partial charge < -0.3 is 15.1 Å². The molecule has 2 saturated heterocycles. The van der Waals surface area contributed by atoms with Gasteiger partial charge >= 0.3 is 0 Å². The third kappa shape index (κ3) is 4.04. The fourth-order valence-corrected chi connectivity index (χ4v) is 4.68. The first-order valence-electron chi connectivity index (χ1n) is 9.68. The van der Waals surface area contributed by atoms with Crippen molar-refractivity contribution in [1.82, 2.24) is 15.1 Å². The molecule has 0 aromatic heterocycles. The number of carbonyl (C=O) groups excluding carboxylic acids is 2. The summed E-state index contributed by atoms with van der Waals surface area (Å²) in [6.07, 6.45) is 6.30. The SMILES string of the molecule is CC(=O)N1C=Cc2ccccc2C1CC(=O)N1CC[C@@H]2CNC[C@@H]2CC1.Cl. The minimum absolute atomic E-state index is 0. The zero-order chi connectivity index (χ0) is 18.1. The van der Waals surface area contributed by atoms with Crippen LogP contribution < -0.4 is 5.32 Å². The maximum absolute atomic E-state index is 13.1. The van der Waals surface area contributed by atoms with Crippen LogP contribution in [0.25, 0.3) is 6.08 Å². The molecule has 1 N–H and O–H groups in total. The Balaban J connectivity index is 0.00000210. The number of carbonyl (C=O) groups is 2. The maximum Gasteiger partial charge on any atom is 0.225 e. The van der Waals surface area contributed by atoms with Crippen molar-refractivity contribution in [2.24, 2.45) is 11.8 Å². The molecule has 1 unspecified atom stereocenters. The average molecular weight is 390 g/mol. The minimum Gasteiger partial charge on any atom is -0.343 e. The van der Waals surface area contributed by atoms with Gasteiger partial charge in [0.15, 0.2) is 0 Å². The van der Waals surface area contributed by atoms with Gasteiger partial charge in [0.25, 0.3) is 0 Å². The van der Waals surface area contributed by atoms with Gasteiger partial charge in [0.2, 0.25) is 11.8 Å². The molecule has 3 heterocycles.